The zero-order valence-electron chi connectivity index (χ0n) is 11.9. The Labute approximate surface area is 129 Å². The van der Waals surface area contributed by atoms with Crippen molar-refractivity contribution in [2.75, 3.05) is 13.1 Å². The van der Waals surface area contributed by atoms with Crippen LogP contribution < -0.4 is 0 Å². The molecule has 0 saturated carbocycles. The van der Waals surface area contributed by atoms with Crippen molar-refractivity contribution in [2.24, 2.45) is 0 Å². The number of sulfonamides is 1. The molecular formula is C13H22BrNO4S. The van der Waals surface area contributed by atoms with Gasteiger partial charge in [-0.05, 0) is 28.8 Å². The molecule has 20 heavy (non-hydrogen) atoms. The fraction of sp³-hybridized carbons (Fsp3) is 0.692. The zero-order valence-corrected chi connectivity index (χ0v) is 14.3. The summed E-state index contributed by atoms with van der Waals surface area (Å²) in [6.45, 7) is 4.75. The van der Waals surface area contributed by atoms with Crippen LogP contribution in [0.4, 0.5) is 0 Å². The number of rotatable bonds is 9. The van der Waals surface area contributed by atoms with E-state index in [-0.39, 0.29) is 21.9 Å². The van der Waals surface area contributed by atoms with E-state index < -0.39 is 10.0 Å². The van der Waals surface area contributed by atoms with Gasteiger partial charge in [-0.15, -0.1) is 0 Å². The lowest BCUT2D eigenvalue weighted by molar-refractivity contribution is 0.245. The first-order chi connectivity index (χ1) is 9.47. The van der Waals surface area contributed by atoms with E-state index in [0.717, 1.165) is 25.7 Å². The van der Waals surface area contributed by atoms with Crippen molar-refractivity contribution in [3.8, 4) is 0 Å². The summed E-state index contributed by atoms with van der Waals surface area (Å²) in [4.78, 5) is 0.0914. The Balaban J connectivity index is 3.03. The molecule has 0 fully saturated rings. The number of furan rings is 1. The van der Waals surface area contributed by atoms with Crippen molar-refractivity contribution < 1.29 is 17.9 Å². The van der Waals surface area contributed by atoms with Crippen molar-refractivity contribution in [1.29, 1.82) is 0 Å². The van der Waals surface area contributed by atoms with Gasteiger partial charge in [0.15, 0.2) is 4.67 Å². The quantitative estimate of drug-likeness (QED) is 0.727. The predicted octanol–water partition coefficient (Wildman–Crippen LogP) is 3.13. The average molecular weight is 368 g/mol. The van der Waals surface area contributed by atoms with E-state index in [1.54, 1.807) is 0 Å². The highest BCUT2D eigenvalue weighted by Crippen LogP contribution is 2.29. The summed E-state index contributed by atoms with van der Waals surface area (Å²) in [5, 5.41) is 9.04. The molecule has 0 saturated heterocycles. The van der Waals surface area contributed by atoms with Gasteiger partial charge in [0.25, 0.3) is 0 Å². The van der Waals surface area contributed by atoms with Crippen LogP contribution in [0.5, 0.6) is 0 Å². The van der Waals surface area contributed by atoms with Gasteiger partial charge in [0, 0.05) is 19.2 Å². The number of hydrogen-bond donors (Lipinski definition) is 1. The molecule has 7 heteroatoms. The Kier molecular flexibility index (Phi) is 7.22. The summed E-state index contributed by atoms with van der Waals surface area (Å²) in [7, 11) is -3.58. The first-order valence-electron chi connectivity index (χ1n) is 6.86. The van der Waals surface area contributed by atoms with E-state index in [9.17, 15) is 8.42 Å². The number of unbranched alkanes of at least 4 members (excludes halogenated alkanes) is 2. The second kappa shape index (κ2) is 8.17. The van der Waals surface area contributed by atoms with Gasteiger partial charge < -0.3 is 9.52 Å². The molecule has 1 aromatic rings. The zero-order chi connectivity index (χ0) is 15.2. The molecule has 1 N–H and O–H groups in total. The van der Waals surface area contributed by atoms with Crippen molar-refractivity contribution in [2.45, 2.75) is 51.0 Å². The van der Waals surface area contributed by atoms with Gasteiger partial charge in [-0.1, -0.05) is 26.7 Å². The molecule has 0 aliphatic rings. The minimum atomic E-state index is -3.58. The molecule has 1 heterocycles. The molecule has 0 aliphatic heterocycles. The third-order valence-electron chi connectivity index (χ3n) is 3.00. The molecule has 0 aromatic carbocycles. The molecule has 5 nitrogen and oxygen atoms in total. The van der Waals surface area contributed by atoms with Crippen LogP contribution >= 0.6 is 15.9 Å². The third-order valence-corrected chi connectivity index (χ3v) is 5.76. The Morgan fingerprint density at radius 3 is 2.20 bits per heavy atom. The van der Waals surface area contributed by atoms with E-state index >= 15 is 0 Å². The topological polar surface area (TPSA) is 70.8 Å². The maximum atomic E-state index is 12.6. The van der Waals surface area contributed by atoms with Crippen LogP contribution in [-0.4, -0.2) is 30.9 Å². The predicted molar refractivity (Wildman–Crippen MR) is 80.9 cm³/mol. The van der Waals surface area contributed by atoms with Gasteiger partial charge in [0.1, 0.15) is 17.3 Å². The maximum absolute atomic E-state index is 12.6. The SMILES string of the molecule is CCCCN(CCCC)S(=O)(=O)c1cc(CO)oc1Br. The molecule has 0 amide bonds. The summed E-state index contributed by atoms with van der Waals surface area (Å²) in [5.41, 5.74) is 0. The first kappa shape index (κ1) is 17.7. The molecular weight excluding hydrogens is 346 g/mol. The lowest BCUT2D eigenvalue weighted by Crippen LogP contribution is -2.33. The van der Waals surface area contributed by atoms with Crippen LogP contribution in [0.3, 0.4) is 0 Å². The summed E-state index contributed by atoms with van der Waals surface area (Å²) >= 11 is 3.11. The number of aliphatic hydroxyl groups is 1. The standard InChI is InChI=1S/C13H22BrNO4S/c1-3-5-7-15(8-6-4-2)20(17,18)12-9-11(10-16)19-13(12)14/h9,16H,3-8,10H2,1-2H3. The van der Waals surface area contributed by atoms with Gasteiger partial charge in [-0.3, -0.25) is 0 Å². The Morgan fingerprint density at radius 1 is 1.25 bits per heavy atom. The second-order valence-electron chi connectivity index (χ2n) is 4.62. The Bertz CT molecular complexity index is 504. The van der Waals surface area contributed by atoms with Crippen LogP contribution in [0, 0.1) is 0 Å². The molecule has 0 bridgehead atoms. The molecule has 1 aromatic heterocycles. The van der Waals surface area contributed by atoms with E-state index in [1.807, 2.05) is 13.8 Å². The molecule has 0 unspecified atom stereocenters. The van der Waals surface area contributed by atoms with Crippen molar-refractivity contribution in [3.05, 3.63) is 16.5 Å². The summed E-state index contributed by atoms with van der Waals surface area (Å²) in [6, 6.07) is 1.38. The van der Waals surface area contributed by atoms with Crippen molar-refractivity contribution >= 4 is 26.0 Å². The molecule has 0 atom stereocenters. The number of nitrogens with zero attached hydrogens (tertiary/aromatic N) is 1. The number of hydrogen-bond acceptors (Lipinski definition) is 4. The lowest BCUT2D eigenvalue weighted by atomic mass is 10.3. The Morgan fingerprint density at radius 2 is 1.80 bits per heavy atom. The van der Waals surface area contributed by atoms with Crippen LogP contribution in [0.15, 0.2) is 20.0 Å². The number of halogens is 1. The smallest absolute Gasteiger partial charge is 0.247 e. The van der Waals surface area contributed by atoms with E-state index in [2.05, 4.69) is 15.9 Å². The second-order valence-corrected chi connectivity index (χ2v) is 7.25. The fourth-order valence-corrected chi connectivity index (χ4v) is 4.29. The maximum Gasteiger partial charge on any atom is 0.247 e. The number of aliphatic hydroxyl groups excluding tert-OH is 1. The van der Waals surface area contributed by atoms with Gasteiger partial charge in [-0.25, -0.2) is 8.42 Å². The average Bonchev–Trinajstić information content (AvgIpc) is 2.80. The first-order valence-corrected chi connectivity index (χ1v) is 9.09. The third kappa shape index (κ3) is 4.31. The molecule has 116 valence electrons. The summed E-state index contributed by atoms with van der Waals surface area (Å²) in [6.07, 6.45) is 3.52. The van der Waals surface area contributed by atoms with Crippen LogP contribution in [0.1, 0.15) is 45.3 Å². The molecule has 1 rings (SSSR count). The largest absolute Gasteiger partial charge is 0.450 e. The van der Waals surface area contributed by atoms with Gasteiger partial charge in [0.05, 0.1) is 0 Å². The van der Waals surface area contributed by atoms with E-state index in [0.29, 0.717) is 13.1 Å². The summed E-state index contributed by atoms with van der Waals surface area (Å²) in [5.74, 6) is 0.237. The van der Waals surface area contributed by atoms with Crippen LogP contribution in [-0.2, 0) is 16.6 Å². The van der Waals surface area contributed by atoms with Gasteiger partial charge in [-0.2, -0.15) is 4.31 Å². The lowest BCUT2D eigenvalue weighted by Gasteiger charge is -2.21. The van der Waals surface area contributed by atoms with Crippen LogP contribution in [0.2, 0.25) is 0 Å². The molecule has 0 aliphatic carbocycles. The minimum Gasteiger partial charge on any atom is -0.450 e. The minimum absolute atomic E-state index is 0.0914. The normalized spacial score (nSPS) is 12.2. The van der Waals surface area contributed by atoms with Crippen LogP contribution in [0.25, 0.3) is 0 Å². The highest BCUT2D eigenvalue weighted by atomic mass is 79.9. The van der Waals surface area contributed by atoms with Gasteiger partial charge >= 0.3 is 0 Å². The van der Waals surface area contributed by atoms with Gasteiger partial charge in [0.2, 0.25) is 10.0 Å². The van der Waals surface area contributed by atoms with Crippen molar-refractivity contribution in [1.82, 2.24) is 4.31 Å². The molecule has 0 radical (unpaired) electrons. The van der Waals surface area contributed by atoms with E-state index in [1.165, 1.54) is 10.4 Å². The van der Waals surface area contributed by atoms with E-state index in [4.69, 9.17) is 9.52 Å². The fourth-order valence-electron chi connectivity index (χ4n) is 1.81. The molecule has 0 spiro atoms. The monoisotopic (exact) mass is 367 g/mol. The highest BCUT2D eigenvalue weighted by Gasteiger charge is 2.28. The highest BCUT2D eigenvalue weighted by molar-refractivity contribution is 9.10. The summed E-state index contributed by atoms with van der Waals surface area (Å²) < 4.78 is 32.1. The Hall–Kier alpha value is -0.370. The van der Waals surface area contributed by atoms with Crippen molar-refractivity contribution in [3.63, 3.8) is 0 Å².